The van der Waals surface area contributed by atoms with Crippen LogP contribution in [0.3, 0.4) is 0 Å². The third kappa shape index (κ3) is 3.45. The van der Waals surface area contributed by atoms with E-state index in [9.17, 15) is 14.7 Å². The summed E-state index contributed by atoms with van der Waals surface area (Å²) in [5, 5.41) is 12.7. The zero-order valence-corrected chi connectivity index (χ0v) is 13.8. The van der Waals surface area contributed by atoms with E-state index < -0.39 is 5.97 Å². The van der Waals surface area contributed by atoms with Crippen molar-refractivity contribution in [1.29, 1.82) is 0 Å². The van der Waals surface area contributed by atoms with Crippen LogP contribution >= 0.6 is 11.3 Å². The molecule has 23 heavy (non-hydrogen) atoms. The maximum absolute atomic E-state index is 12.2. The molecule has 0 saturated heterocycles. The molecule has 1 heterocycles. The molecular weight excluding hydrogens is 310 g/mol. The van der Waals surface area contributed by atoms with E-state index >= 15 is 0 Å². The van der Waals surface area contributed by atoms with Gasteiger partial charge in [-0.1, -0.05) is 29.8 Å². The Morgan fingerprint density at radius 2 is 1.96 bits per heavy atom. The van der Waals surface area contributed by atoms with Crippen LogP contribution in [0, 0.1) is 6.92 Å². The number of carbonyl (C=O) groups is 2. The largest absolute Gasteiger partial charge is 0.478 e. The minimum Gasteiger partial charge on any atom is -0.478 e. The van der Waals surface area contributed by atoms with Gasteiger partial charge in [0.1, 0.15) is 5.00 Å². The van der Waals surface area contributed by atoms with Gasteiger partial charge < -0.3 is 10.4 Å². The summed E-state index contributed by atoms with van der Waals surface area (Å²) >= 11 is 1.42. The van der Waals surface area contributed by atoms with E-state index in [2.05, 4.69) is 5.32 Å². The highest BCUT2D eigenvalue weighted by molar-refractivity contribution is 7.17. The second kappa shape index (κ2) is 6.54. The highest BCUT2D eigenvalue weighted by atomic mass is 32.1. The fourth-order valence-electron chi connectivity index (χ4n) is 2.92. The number of thiophene rings is 1. The predicted octanol–water partition coefficient (Wildman–Crippen LogP) is 3.81. The third-order valence-corrected chi connectivity index (χ3v) is 5.36. The summed E-state index contributed by atoms with van der Waals surface area (Å²) in [4.78, 5) is 24.8. The summed E-state index contributed by atoms with van der Waals surface area (Å²) in [6.07, 6.45) is 3.72. The molecular formula is C18H19NO3S. The van der Waals surface area contributed by atoms with Crippen molar-refractivity contribution in [2.24, 2.45) is 0 Å². The Balaban J connectivity index is 1.66. The Labute approximate surface area is 139 Å². The monoisotopic (exact) mass is 329 g/mol. The summed E-state index contributed by atoms with van der Waals surface area (Å²) in [6, 6.07) is 8.09. The lowest BCUT2D eigenvalue weighted by molar-refractivity contribution is -0.116. The maximum Gasteiger partial charge on any atom is 0.339 e. The average Bonchev–Trinajstić information content (AvgIpc) is 3.06. The van der Waals surface area contributed by atoms with Crippen LogP contribution in [0.2, 0.25) is 0 Å². The molecule has 4 nitrogen and oxygen atoms in total. The number of amides is 1. The van der Waals surface area contributed by atoms with Crippen LogP contribution in [0.25, 0.3) is 0 Å². The molecule has 0 saturated carbocycles. The van der Waals surface area contributed by atoms with E-state index in [1.165, 1.54) is 16.9 Å². The molecule has 5 heteroatoms. The van der Waals surface area contributed by atoms with Crippen molar-refractivity contribution in [2.75, 3.05) is 5.32 Å². The van der Waals surface area contributed by atoms with Crippen molar-refractivity contribution in [3.05, 3.63) is 51.4 Å². The molecule has 0 fully saturated rings. The number of aromatic carboxylic acids is 1. The molecule has 0 bridgehead atoms. The Kier molecular flexibility index (Phi) is 4.48. The van der Waals surface area contributed by atoms with E-state index in [1.807, 2.05) is 31.2 Å². The molecule has 1 aliphatic rings. The zero-order valence-electron chi connectivity index (χ0n) is 13.0. The summed E-state index contributed by atoms with van der Waals surface area (Å²) in [7, 11) is 0. The number of rotatable bonds is 5. The summed E-state index contributed by atoms with van der Waals surface area (Å²) in [6.45, 7) is 2.03. The summed E-state index contributed by atoms with van der Waals surface area (Å²) in [5.41, 5.74) is 3.51. The molecule has 1 aromatic heterocycles. The lowest BCUT2D eigenvalue weighted by Gasteiger charge is -2.06. The first-order valence-electron chi connectivity index (χ1n) is 7.78. The summed E-state index contributed by atoms with van der Waals surface area (Å²) in [5.74, 6) is -1.08. The van der Waals surface area contributed by atoms with Crippen LogP contribution < -0.4 is 5.32 Å². The second-order valence-corrected chi connectivity index (χ2v) is 7.01. The van der Waals surface area contributed by atoms with Crippen LogP contribution in [0.5, 0.6) is 0 Å². The van der Waals surface area contributed by atoms with E-state index in [4.69, 9.17) is 0 Å². The number of benzene rings is 1. The van der Waals surface area contributed by atoms with Crippen LogP contribution in [-0.2, 0) is 24.1 Å². The molecule has 120 valence electrons. The molecule has 1 aliphatic carbocycles. The van der Waals surface area contributed by atoms with Crippen molar-refractivity contribution in [3.8, 4) is 0 Å². The predicted molar refractivity (Wildman–Crippen MR) is 91.4 cm³/mol. The molecule has 1 aromatic carbocycles. The van der Waals surface area contributed by atoms with Crippen LogP contribution in [0.1, 0.15) is 44.8 Å². The normalized spacial score (nSPS) is 12.9. The molecule has 1 amide bonds. The lowest BCUT2D eigenvalue weighted by Crippen LogP contribution is -2.14. The van der Waals surface area contributed by atoms with Gasteiger partial charge in [0.15, 0.2) is 0 Å². The number of hydrogen-bond acceptors (Lipinski definition) is 3. The lowest BCUT2D eigenvalue weighted by atomic mass is 10.1. The molecule has 0 atom stereocenters. The highest BCUT2D eigenvalue weighted by Gasteiger charge is 2.27. The number of anilines is 1. The van der Waals surface area contributed by atoms with Crippen LogP contribution in [-0.4, -0.2) is 17.0 Å². The van der Waals surface area contributed by atoms with Crippen molar-refractivity contribution >= 4 is 28.2 Å². The fourth-order valence-corrected chi connectivity index (χ4v) is 4.22. The van der Waals surface area contributed by atoms with Gasteiger partial charge in [0.05, 0.1) is 5.56 Å². The SMILES string of the molecule is Cc1ccc(CCC(=O)Nc2sc3c(c2C(=O)O)CCC3)cc1. The van der Waals surface area contributed by atoms with Crippen molar-refractivity contribution in [1.82, 2.24) is 0 Å². The Morgan fingerprint density at radius 1 is 1.22 bits per heavy atom. The third-order valence-electron chi connectivity index (χ3n) is 4.15. The molecule has 0 radical (unpaired) electrons. The number of aryl methyl sites for hydroxylation is 3. The van der Waals surface area contributed by atoms with E-state index in [1.54, 1.807) is 0 Å². The van der Waals surface area contributed by atoms with Gasteiger partial charge in [-0.3, -0.25) is 4.79 Å². The number of hydrogen-bond donors (Lipinski definition) is 2. The molecule has 2 aromatic rings. The number of carboxylic acid groups (broad SMARTS) is 1. The quantitative estimate of drug-likeness (QED) is 0.876. The highest BCUT2D eigenvalue weighted by Crippen LogP contribution is 2.39. The van der Waals surface area contributed by atoms with Gasteiger partial charge in [0, 0.05) is 11.3 Å². The fraction of sp³-hybridized carbons (Fsp3) is 0.333. The minimum atomic E-state index is -0.946. The molecule has 0 aliphatic heterocycles. The standard InChI is InChI=1S/C18H19NO3S/c1-11-5-7-12(8-6-11)9-10-15(20)19-17-16(18(21)22)13-3-2-4-14(13)23-17/h5-8H,2-4,9-10H2,1H3,(H,19,20)(H,21,22). The van der Waals surface area contributed by atoms with Crippen LogP contribution in [0.4, 0.5) is 5.00 Å². The van der Waals surface area contributed by atoms with Gasteiger partial charge in [-0.25, -0.2) is 4.79 Å². The number of nitrogens with one attached hydrogen (secondary N) is 1. The van der Waals surface area contributed by atoms with Crippen molar-refractivity contribution < 1.29 is 14.7 Å². The first-order valence-corrected chi connectivity index (χ1v) is 8.59. The first-order chi connectivity index (χ1) is 11.0. The number of carboxylic acids is 1. The Bertz CT molecular complexity index is 746. The van der Waals surface area contributed by atoms with E-state index in [0.29, 0.717) is 23.4 Å². The molecule has 0 unspecified atom stereocenters. The average molecular weight is 329 g/mol. The van der Waals surface area contributed by atoms with Gasteiger partial charge in [-0.2, -0.15) is 0 Å². The Hall–Kier alpha value is -2.14. The number of carbonyl (C=O) groups excluding carboxylic acids is 1. The first kappa shape index (κ1) is 15.7. The zero-order chi connectivity index (χ0) is 16.4. The summed E-state index contributed by atoms with van der Waals surface area (Å²) < 4.78 is 0. The number of fused-ring (bicyclic) bond motifs is 1. The topological polar surface area (TPSA) is 66.4 Å². The van der Waals surface area contributed by atoms with Crippen LogP contribution in [0.15, 0.2) is 24.3 Å². The molecule has 2 N–H and O–H groups in total. The maximum atomic E-state index is 12.2. The van der Waals surface area contributed by atoms with Gasteiger partial charge >= 0.3 is 5.97 Å². The molecule has 0 spiro atoms. The van der Waals surface area contributed by atoms with Crippen molar-refractivity contribution in [2.45, 2.75) is 39.0 Å². The second-order valence-electron chi connectivity index (χ2n) is 5.90. The van der Waals surface area contributed by atoms with Gasteiger partial charge in [0.25, 0.3) is 0 Å². The van der Waals surface area contributed by atoms with Gasteiger partial charge in [-0.15, -0.1) is 11.3 Å². The van der Waals surface area contributed by atoms with Gasteiger partial charge in [-0.05, 0) is 43.7 Å². The van der Waals surface area contributed by atoms with E-state index in [-0.39, 0.29) is 5.91 Å². The molecule has 3 rings (SSSR count). The van der Waals surface area contributed by atoms with Crippen molar-refractivity contribution in [3.63, 3.8) is 0 Å². The smallest absolute Gasteiger partial charge is 0.339 e. The Morgan fingerprint density at radius 3 is 2.65 bits per heavy atom. The van der Waals surface area contributed by atoms with Gasteiger partial charge in [0.2, 0.25) is 5.91 Å². The van der Waals surface area contributed by atoms with E-state index in [0.717, 1.165) is 35.3 Å². The minimum absolute atomic E-state index is 0.131.